The van der Waals surface area contributed by atoms with E-state index in [1.165, 1.54) is 0 Å². The van der Waals surface area contributed by atoms with E-state index in [2.05, 4.69) is 35.7 Å². The molecule has 1 aromatic rings. The Hall–Kier alpha value is -0.590. The summed E-state index contributed by atoms with van der Waals surface area (Å²) < 4.78 is 5.96. The van der Waals surface area contributed by atoms with Gasteiger partial charge < -0.3 is 9.64 Å². The van der Waals surface area contributed by atoms with Gasteiger partial charge in [-0.3, -0.25) is 4.90 Å². The summed E-state index contributed by atoms with van der Waals surface area (Å²) in [5.41, 5.74) is 0. The molecule has 1 saturated heterocycles. The summed E-state index contributed by atoms with van der Waals surface area (Å²) in [4.78, 5) is 13.2. The van der Waals surface area contributed by atoms with Crippen molar-refractivity contribution in [3.63, 3.8) is 0 Å². The minimum atomic E-state index is 0.572. The fraction of sp³-hybridized carbons (Fsp3) is 0.636. The SMILES string of the molecule is COc1nc(N2CCN(CCCl)CC2)ncc1Br. The molecule has 1 aromatic heterocycles. The second-order valence-electron chi connectivity index (χ2n) is 4.04. The summed E-state index contributed by atoms with van der Waals surface area (Å²) in [7, 11) is 1.61. The minimum absolute atomic E-state index is 0.572. The number of anilines is 1. The summed E-state index contributed by atoms with van der Waals surface area (Å²) in [6, 6.07) is 0. The van der Waals surface area contributed by atoms with E-state index in [4.69, 9.17) is 16.3 Å². The lowest BCUT2D eigenvalue weighted by Crippen LogP contribution is -2.47. The summed E-state index contributed by atoms with van der Waals surface area (Å²) >= 11 is 9.10. The van der Waals surface area contributed by atoms with Crippen LogP contribution in [0.5, 0.6) is 5.88 Å². The van der Waals surface area contributed by atoms with Gasteiger partial charge in [0.25, 0.3) is 0 Å². The third kappa shape index (κ3) is 3.24. The number of aromatic nitrogens is 2. The number of piperazine rings is 1. The molecule has 7 heteroatoms. The van der Waals surface area contributed by atoms with Crippen molar-refractivity contribution in [1.29, 1.82) is 0 Å². The normalized spacial score (nSPS) is 16.9. The van der Waals surface area contributed by atoms with Gasteiger partial charge in [0.2, 0.25) is 11.8 Å². The van der Waals surface area contributed by atoms with Crippen molar-refractivity contribution in [3.8, 4) is 5.88 Å². The van der Waals surface area contributed by atoms with Crippen molar-refractivity contribution in [3.05, 3.63) is 10.7 Å². The van der Waals surface area contributed by atoms with Crippen molar-refractivity contribution < 1.29 is 4.74 Å². The first-order valence-corrected chi connectivity index (χ1v) is 7.17. The molecule has 0 spiro atoms. The molecule has 0 saturated carbocycles. The lowest BCUT2D eigenvalue weighted by molar-refractivity contribution is 0.271. The number of halogens is 2. The molecule has 100 valence electrons. The van der Waals surface area contributed by atoms with E-state index in [1.54, 1.807) is 13.3 Å². The molecule has 0 amide bonds. The summed E-state index contributed by atoms with van der Waals surface area (Å²) in [6.45, 7) is 4.77. The maximum atomic E-state index is 5.74. The van der Waals surface area contributed by atoms with Crippen LogP contribution in [0.15, 0.2) is 10.7 Å². The van der Waals surface area contributed by atoms with Gasteiger partial charge in [-0.25, -0.2) is 4.98 Å². The molecule has 2 heterocycles. The van der Waals surface area contributed by atoms with Gasteiger partial charge in [-0.15, -0.1) is 11.6 Å². The zero-order chi connectivity index (χ0) is 13.0. The van der Waals surface area contributed by atoms with Crippen molar-refractivity contribution in [2.75, 3.05) is 50.6 Å². The van der Waals surface area contributed by atoms with E-state index in [0.717, 1.165) is 43.1 Å². The van der Waals surface area contributed by atoms with Crippen LogP contribution in [0.3, 0.4) is 0 Å². The van der Waals surface area contributed by atoms with Crippen LogP contribution in [0.1, 0.15) is 0 Å². The fourth-order valence-corrected chi connectivity index (χ4v) is 2.52. The first kappa shape index (κ1) is 13.8. The van der Waals surface area contributed by atoms with Gasteiger partial charge in [-0.2, -0.15) is 4.98 Å². The van der Waals surface area contributed by atoms with Crippen molar-refractivity contribution in [1.82, 2.24) is 14.9 Å². The minimum Gasteiger partial charge on any atom is -0.480 e. The Morgan fingerprint density at radius 1 is 1.39 bits per heavy atom. The molecular formula is C11H16BrClN4O. The van der Waals surface area contributed by atoms with E-state index in [0.29, 0.717) is 11.8 Å². The van der Waals surface area contributed by atoms with Crippen molar-refractivity contribution in [2.24, 2.45) is 0 Å². The first-order valence-electron chi connectivity index (χ1n) is 5.84. The van der Waals surface area contributed by atoms with E-state index in [9.17, 15) is 0 Å². The highest BCUT2D eigenvalue weighted by Gasteiger charge is 2.19. The Kier molecular flexibility index (Phi) is 5.03. The maximum Gasteiger partial charge on any atom is 0.232 e. The number of methoxy groups -OCH3 is 1. The largest absolute Gasteiger partial charge is 0.480 e. The standard InChI is InChI=1S/C11H16BrClN4O/c1-18-10-9(12)8-14-11(15-10)17-6-4-16(3-2-13)5-7-17/h8H,2-7H2,1H3. The van der Waals surface area contributed by atoms with E-state index in [1.807, 2.05) is 0 Å². The molecule has 2 rings (SSSR count). The van der Waals surface area contributed by atoms with Crippen LogP contribution in [0.25, 0.3) is 0 Å². The molecular weight excluding hydrogens is 320 g/mol. The molecule has 0 unspecified atom stereocenters. The monoisotopic (exact) mass is 334 g/mol. The predicted octanol–water partition coefficient (Wildman–Crippen LogP) is 1.61. The highest BCUT2D eigenvalue weighted by Crippen LogP contribution is 2.23. The van der Waals surface area contributed by atoms with Crippen LogP contribution in [0.2, 0.25) is 0 Å². The Labute approximate surface area is 120 Å². The van der Waals surface area contributed by atoms with Gasteiger partial charge in [0.1, 0.15) is 0 Å². The van der Waals surface area contributed by atoms with Gasteiger partial charge in [0, 0.05) is 38.6 Å². The summed E-state index contributed by atoms with van der Waals surface area (Å²) in [5, 5.41) is 0. The van der Waals surface area contributed by atoms with Crippen LogP contribution in [0, 0.1) is 0 Å². The van der Waals surface area contributed by atoms with E-state index < -0.39 is 0 Å². The fourth-order valence-electron chi connectivity index (χ4n) is 1.93. The Morgan fingerprint density at radius 2 is 2.11 bits per heavy atom. The Morgan fingerprint density at radius 3 is 2.72 bits per heavy atom. The molecule has 0 N–H and O–H groups in total. The number of hydrogen-bond acceptors (Lipinski definition) is 5. The average Bonchev–Trinajstić information content (AvgIpc) is 2.41. The second kappa shape index (κ2) is 6.54. The van der Waals surface area contributed by atoms with Crippen LogP contribution >= 0.6 is 27.5 Å². The molecule has 0 bridgehead atoms. The number of nitrogens with zero attached hydrogens (tertiary/aromatic N) is 4. The summed E-state index contributed by atoms with van der Waals surface area (Å²) in [6.07, 6.45) is 1.73. The van der Waals surface area contributed by atoms with Crippen LogP contribution in [-0.4, -0.2) is 60.6 Å². The Balaban J connectivity index is 2.01. The molecule has 1 aliphatic heterocycles. The lowest BCUT2D eigenvalue weighted by Gasteiger charge is -2.34. The molecule has 1 fully saturated rings. The highest BCUT2D eigenvalue weighted by molar-refractivity contribution is 9.10. The van der Waals surface area contributed by atoms with Gasteiger partial charge in [0.05, 0.1) is 17.8 Å². The van der Waals surface area contributed by atoms with Gasteiger partial charge in [-0.05, 0) is 15.9 Å². The predicted molar refractivity (Wildman–Crippen MR) is 75.7 cm³/mol. The van der Waals surface area contributed by atoms with Crippen LogP contribution in [-0.2, 0) is 0 Å². The third-order valence-corrected chi connectivity index (χ3v) is 3.66. The molecule has 1 aliphatic rings. The smallest absolute Gasteiger partial charge is 0.232 e. The molecule has 18 heavy (non-hydrogen) atoms. The van der Waals surface area contributed by atoms with Gasteiger partial charge in [0.15, 0.2) is 0 Å². The van der Waals surface area contributed by atoms with Gasteiger partial charge >= 0.3 is 0 Å². The number of ether oxygens (including phenoxy) is 1. The number of rotatable bonds is 4. The lowest BCUT2D eigenvalue weighted by atomic mass is 10.3. The highest BCUT2D eigenvalue weighted by atomic mass is 79.9. The van der Waals surface area contributed by atoms with Crippen molar-refractivity contribution >= 4 is 33.5 Å². The molecule has 0 radical (unpaired) electrons. The van der Waals surface area contributed by atoms with Gasteiger partial charge in [-0.1, -0.05) is 0 Å². The van der Waals surface area contributed by atoms with Crippen LogP contribution < -0.4 is 9.64 Å². The average molecular weight is 336 g/mol. The topological polar surface area (TPSA) is 41.5 Å². The molecule has 0 atom stereocenters. The van der Waals surface area contributed by atoms with E-state index >= 15 is 0 Å². The Bertz CT molecular complexity index is 399. The summed E-state index contributed by atoms with van der Waals surface area (Å²) in [5.74, 6) is 1.98. The molecule has 5 nitrogen and oxygen atoms in total. The number of hydrogen-bond donors (Lipinski definition) is 0. The first-order chi connectivity index (χ1) is 8.74. The second-order valence-corrected chi connectivity index (χ2v) is 5.28. The molecule has 0 aliphatic carbocycles. The van der Waals surface area contributed by atoms with Crippen LogP contribution in [0.4, 0.5) is 5.95 Å². The van der Waals surface area contributed by atoms with E-state index in [-0.39, 0.29) is 0 Å². The zero-order valence-electron chi connectivity index (χ0n) is 10.3. The number of alkyl halides is 1. The molecule has 0 aromatic carbocycles. The maximum absolute atomic E-state index is 5.74. The van der Waals surface area contributed by atoms with Crippen molar-refractivity contribution in [2.45, 2.75) is 0 Å². The quantitative estimate of drug-likeness (QED) is 0.782. The third-order valence-electron chi connectivity index (χ3n) is 2.95. The zero-order valence-corrected chi connectivity index (χ0v) is 12.6.